The molecule has 0 aromatic heterocycles. The van der Waals surface area contributed by atoms with Crippen LogP contribution >= 0.6 is 0 Å². The standard InChI is InChI=1S/C17H23NO3/c19-18(20)12-6-11-16-9-4-5-10-17(16)14-21-13-15-7-2-1-3-8-15/h1-4,7-9,16-17H,5-6,10-14H2/t16-,17-/m1/s1. The molecule has 21 heavy (non-hydrogen) atoms. The average Bonchev–Trinajstić information content (AvgIpc) is 2.49. The fourth-order valence-electron chi connectivity index (χ4n) is 2.85. The van der Waals surface area contributed by atoms with Gasteiger partial charge in [0.2, 0.25) is 6.54 Å². The van der Waals surface area contributed by atoms with Gasteiger partial charge < -0.3 is 4.74 Å². The van der Waals surface area contributed by atoms with Crippen LogP contribution < -0.4 is 0 Å². The summed E-state index contributed by atoms with van der Waals surface area (Å²) < 4.78 is 5.85. The molecule has 2 rings (SSSR count). The predicted molar refractivity (Wildman–Crippen MR) is 82.5 cm³/mol. The van der Waals surface area contributed by atoms with Gasteiger partial charge >= 0.3 is 0 Å². The van der Waals surface area contributed by atoms with E-state index in [9.17, 15) is 10.1 Å². The smallest absolute Gasteiger partial charge is 0.203 e. The van der Waals surface area contributed by atoms with Crippen LogP contribution in [0.25, 0.3) is 0 Å². The van der Waals surface area contributed by atoms with Crippen LogP contribution in [-0.4, -0.2) is 18.1 Å². The molecule has 1 aliphatic carbocycles. The van der Waals surface area contributed by atoms with Crippen molar-refractivity contribution in [2.24, 2.45) is 11.8 Å². The van der Waals surface area contributed by atoms with Crippen LogP contribution in [0.1, 0.15) is 31.2 Å². The summed E-state index contributed by atoms with van der Waals surface area (Å²) in [4.78, 5) is 10.2. The van der Waals surface area contributed by atoms with Crippen LogP contribution in [-0.2, 0) is 11.3 Å². The highest BCUT2D eigenvalue weighted by atomic mass is 16.6. The summed E-state index contributed by atoms with van der Waals surface area (Å²) in [6, 6.07) is 10.2. The van der Waals surface area contributed by atoms with E-state index in [1.165, 1.54) is 5.56 Å². The van der Waals surface area contributed by atoms with E-state index in [2.05, 4.69) is 24.3 Å². The molecule has 2 atom stereocenters. The zero-order valence-electron chi connectivity index (χ0n) is 12.3. The summed E-state index contributed by atoms with van der Waals surface area (Å²) in [6.07, 6.45) is 8.16. The first kappa shape index (κ1) is 15.7. The Kier molecular flexibility index (Phi) is 6.41. The summed E-state index contributed by atoms with van der Waals surface area (Å²) in [6.45, 7) is 1.45. The Morgan fingerprint density at radius 3 is 2.86 bits per heavy atom. The molecule has 114 valence electrons. The van der Waals surface area contributed by atoms with Crippen LogP contribution in [0, 0.1) is 22.0 Å². The SMILES string of the molecule is O=[N+]([O-])CCC[C@H]1C=CCC[C@@H]1COCc1ccccc1. The molecule has 0 heterocycles. The first-order valence-corrected chi connectivity index (χ1v) is 7.66. The number of hydrogen-bond acceptors (Lipinski definition) is 3. The maximum Gasteiger partial charge on any atom is 0.203 e. The molecule has 0 saturated heterocycles. The maximum absolute atomic E-state index is 10.4. The molecule has 0 N–H and O–H groups in total. The Balaban J connectivity index is 1.74. The third-order valence-electron chi connectivity index (χ3n) is 4.01. The van der Waals surface area contributed by atoms with E-state index >= 15 is 0 Å². The molecule has 0 aliphatic heterocycles. The molecule has 0 bridgehead atoms. The van der Waals surface area contributed by atoms with Gasteiger partial charge in [-0.25, -0.2) is 0 Å². The van der Waals surface area contributed by atoms with E-state index in [-0.39, 0.29) is 11.5 Å². The number of hydrogen-bond donors (Lipinski definition) is 0. The molecule has 1 aliphatic rings. The quantitative estimate of drug-likeness (QED) is 0.415. The van der Waals surface area contributed by atoms with E-state index < -0.39 is 0 Å². The van der Waals surface area contributed by atoms with Gasteiger partial charge in [-0.15, -0.1) is 0 Å². The fourth-order valence-corrected chi connectivity index (χ4v) is 2.85. The van der Waals surface area contributed by atoms with Crippen molar-refractivity contribution in [1.82, 2.24) is 0 Å². The number of ether oxygens (including phenoxy) is 1. The number of rotatable bonds is 8. The molecular weight excluding hydrogens is 266 g/mol. The first-order chi connectivity index (χ1) is 10.3. The van der Waals surface area contributed by atoms with E-state index in [1.54, 1.807) is 0 Å². The van der Waals surface area contributed by atoms with Crippen LogP contribution in [0.2, 0.25) is 0 Å². The Labute approximate surface area is 126 Å². The van der Waals surface area contributed by atoms with Crippen molar-refractivity contribution in [2.45, 2.75) is 32.3 Å². The predicted octanol–water partition coefficient (Wildman–Crippen LogP) is 3.84. The molecule has 0 saturated carbocycles. The Morgan fingerprint density at radius 1 is 1.29 bits per heavy atom. The third-order valence-corrected chi connectivity index (χ3v) is 4.01. The summed E-state index contributed by atoms with van der Waals surface area (Å²) in [7, 11) is 0. The zero-order chi connectivity index (χ0) is 14.9. The lowest BCUT2D eigenvalue weighted by atomic mass is 9.82. The summed E-state index contributed by atoms with van der Waals surface area (Å²) in [5.74, 6) is 0.917. The van der Waals surface area contributed by atoms with Crippen molar-refractivity contribution in [2.75, 3.05) is 13.2 Å². The Bertz CT molecular complexity index is 458. The van der Waals surface area contributed by atoms with Crippen molar-refractivity contribution in [3.8, 4) is 0 Å². The third kappa shape index (κ3) is 5.68. The Hall–Kier alpha value is -1.68. The summed E-state index contributed by atoms with van der Waals surface area (Å²) >= 11 is 0. The second kappa shape index (κ2) is 8.57. The largest absolute Gasteiger partial charge is 0.376 e. The lowest BCUT2D eigenvalue weighted by Gasteiger charge is -2.27. The molecule has 0 amide bonds. The van der Waals surface area contributed by atoms with Gasteiger partial charge in [-0.1, -0.05) is 42.5 Å². The minimum Gasteiger partial charge on any atom is -0.376 e. The maximum atomic E-state index is 10.4. The molecule has 4 nitrogen and oxygen atoms in total. The van der Waals surface area contributed by atoms with Gasteiger partial charge in [-0.2, -0.15) is 0 Å². The van der Waals surface area contributed by atoms with E-state index in [1.807, 2.05) is 18.2 Å². The topological polar surface area (TPSA) is 52.4 Å². The normalized spacial score (nSPS) is 21.3. The van der Waals surface area contributed by atoms with Gasteiger partial charge in [0, 0.05) is 11.3 Å². The van der Waals surface area contributed by atoms with Gasteiger partial charge in [0.05, 0.1) is 13.2 Å². The number of allylic oxidation sites excluding steroid dienone is 2. The van der Waals surface area contributed by atoms with Crippen LogP contribution in [0.5, 0.6) is 0 Å². The van der Waals surface area contributed by atoms with Crippen LogP contribution in [0.3, 0.4) is 0 Å². The lowest BCUT2D eigenvalue weighted by molar-refractivity contribution is -0.480. The first-order valence-electron chi connectivity index (χ1n) is 7.66. The summed E-state index contributed by atoms with van der Waals surface area (Å²) in [5.41, 5.74) is 1.19. The van der Waals surface area contributed by atoms with Crippen LogP contribution in [0.4, 0.5) is 0 Å². The van der Waals surface area contributed by atoms with Crippen molar-refractivity contribution in [1.29, 1.82) is 0 Å². The highest BCUT2D eigenvalue weighted by Gasteiger charge is 2.22. The average molecular weight is 289 g/mol. The Morgan fingerprint density at radius 2 is 2.10 bits per heavy atom. The number of benzene rings is 1. The zero-order valence-corrected chi connectivity index (χ0v) is 12.3. The minimum absolute atomic E-state index is 0.0714. The van der Waals surface area contributed by atoms with E-state index in [0.29, 0.717) is 24.9 Å². The molecule has 0 unspecified atom stereocenters. The molecule has 0 radical (unpaired) electrons. The van der Waals surface area contributed by atoms with Gasteiger partial charge in [-0.05, 0) is 36.7 Å². The van der Waals surface area contributed by atoms with Crippen molar-refractivity contribution < 1.29 is 9.66 Å². The van der Waals surface area contributed by atoms with Crippen molar-refractivity contribution in [3.05, 3.63) is 58.2 Å². The number of nitro groups is 1. The summed E-state index contributed by atoms with van der Waals surface area (Å²) in [5, 5.41) is 10.4. The monoisotopic (exact) mass is 289 g/mol. The molecule has 1 aromatic carbocycles. The van der Waals surface area contributed by atoms with Gasteiger partial charge in [-0.3, -0.25) is 10.1 Å². The minimum atomic E-state index is -0.229. The highest BCUT2D eigenvalue weighted by molar-refractivity contribution is 5.13. The molecule has 0 fully saturated rings. The van der Waals surface area contributed by atoms with Gasteiger partial charge in [0.15, 0.2) is 0 Å². The highest BCUT2D eigenvalue weighted by Crippen LogP contribution is 2.29. The van der Waals surface area contributed by atoms with Crippen molar-refractivity contribution in [3.63, 3.8) is 0 Å². The lowest BCUT2D eigenvalue weighted by Crippen LogP contribution is -2.22. The van der Waals surface area contributed by atoms with Gasteiger partial charge in [0.1, 0.15) is 0 Å². The second-order valence-electron chi connectivity index (χ2n) is 5.63. The molecule has 4 heteroatoms. The molecular formula is C17H23NO3. The van der Waals surface area contributed by atoms with E-state index in [4.69, 9.17) is 4.74 Å². The van der Waals surface area contributed by atoms with Crippen molar-refractivity contribution >= 4 is 0 Å². The molecule has 1 aromatic rings. The van der Waals surface area contributed by atoms with Crippen LogP contribution in [0.15, 0.2) is 42.5 Å². The van der Waals surface area contributed by atoms with Gasteiger partial charge in [0.25, 0.3) is 0 Å². The number of nitrogens with zero attached hydrogens (tertiary/aromatic N) is 1. The molecule has 0 spiro atoms. The van der Waals surface area contributed by atoms with E-state index in [0.717, 1.165) is 25.9 Å². The fraction of sp³-hybridized carbons (Fsp3) is 0.529. The second-order valence-corrected chi connectivity index (χ2v) is 5.63.